The zero-order chi connectivity index (χ0) is 14.1. The molecule has 0 bridgehead atoms. The molecule has 0 radical (unpaired) electrons. The van der Waals surface area contributed by atoms with Crippen molar-refractivity contribution in [1.82, 2.24) is 5.32 Å². The average Bonchev–Trinajstić information content (AvgIpc) is 2.48. The van der Waals surface area contributed by atoms with E-state index in [2.05, 4.69) is 36.5 Å². The van der Waals surface area contributed by atoms with Crippen molar-refractivity contribution < 1.29 is 4.79 Å². The van der Waals surface area contributed by atoms with Crippen LogP contribution in [0.25, 0.3) is 0 Å². The number of nitrogens with one attached hydrogen (secondary N) is 1. The second kappa shape index (κ2) is 5.00. The highest BCUT2D eigenvalue weighted by Crippen LogP contribution is 2.32. The Labute approximate surface area is 118 Å². The SMILES string of the molecule is CCc1ccc(C2CNC(=O)c3c(N)cccc32)cc1. The van der Waals surface area contributed by atoms with Gasteiger partial charge >= 0.3 is 0 Å². The van der Waals surface area contributed by atoms with Gasteiger partial charge in [-0.2, -0.15) is 0 Å². The van der Waals surface area contributed by atoms with E-state index in [1.165, 1.54) is 11.1 Å². The van der Waals surface area contributed by atoms with E-state index in [-0.39, 0.29) is 11.8 Å². The van der Waals surface area contributed by atoms with Gasteiger partial charge in [0.25, 0.3) is 5.91 Å². The number of aryl methyl sites for hydroxylation is 1. The van der Waals surface area contributed by atoms with E-state index in [1.807, 2.05) is 12.1 Å². The van der Waals surface area contributed by atoms with Crippen molar-refractivity contribution in [3.05, 3.63) is 64.7 Å². The van der Waals surface area contributed by atoms with Crippen molar-refractivity contribution in [1.29, 1.82) is 0 Å². The number of amides is 1. The van der Waals surface area contributed by atoms with Gasteiger partial charge in [0.15, 0.2) is 0 Å². The van der Waals surface area contributed by atoms with Gasteiger partial charge in [0, 0.05) is 18.2 Å². The molecule has 0 saturated heterocycles. The zero-order valence-electron chi connectivity index (χ0n) is 11.5. The molecule has 0 aliphatic carbocycles. The maximum absolute atomic E-state index is 12.0. The highest BCUT2D eigenvalue weighted by atomic mass is 16.1. The van der Waals surface area contributed by atoms with Crippen molar-refractivity contribution >= 4 is 11.6 Å². The Kier molecular flexibility index (Phi) is 3.18. The van der Waals surface area contributed by atoms with Gasteiger partial charge in [0.05, 0.1) is 5.56 Å². The van der Waals surface area contributed by atoms with Gasteiger partial charge in [0.2, 0.25) is 0 Å². The fourth-order valence-electron chi connectivity index (χ4n) is 2.82. The molecule has 20 heavy (non-hydrogen) atoms. The number of carbonyl (C=O) groups is 1. The van der Waals surface area contributed by atoms with Gasteiger partial charge in [-0.1, -0.05) is 43.3 Å². The maximum Gasteiger partial charge on any atom is 0.253 e. The summed E-state index contributed by atoms with van der Waals surface area (Å²) in [5, 5.41) is 2.94. The van der Waals surface area contributed by atoms with E-state index < -0.39 is 0 Å². The molecule has 3 nitrogen and oxygen atoms in total. The third-order valence-electron chi connectivity index (χ3n) is 3.99. The van der Waals surface area contributed by atoms with E-state index in [0.717, 1.165) is 12.0 Å². The minimum atomic E-state index is -0.0699. The summed E-state index contributed by atoms with van der Waals surface area (Å²) in [6, 6.07) is 14.3. The van der Waals surface area contributed by atoms with Gasteiger partial charge in [-0.15, -0.1) is 0 Å². The quantitative estimate of drug-likeness (QED) is 0.821. The molecular formula is C17H18N2O. The molecule has 0 aromatic heterocycles. The highest BCUT2D eigenvalue weighted by molar-refractivity contribution is 6.02. The lowest BCUT2D eigenvalue weighted by Gasteiger charge is -2.27. The van der Waals surface area contributed by atoms with Crippen LogP contribution in [0.15, 0.2) is 42.5 Å². The number of fused-ring (bicyclic) bond motifs is 1. The Bertz CT molecular complexity index is 647. The van der Waals surface area contributed by atoms with Crippen LogP contribution in [0.5, 0.6) is 0 Å². The Hall–Kier alpha value is -2.29. The number of anilines is 1. The Morgan fingerprint density at radius 2 is 1.95 bits per heavy atom. The lowest BCUT2D eigenvalue weighted by atomic mass is 9.84. The summed E-state index contributed by atoms with van der Waals surface area (Å²) in [5.74, 6) is 0.108. The summed E-state index contributed by atoms with van der Waals surface area (Å²) in [6.45, 7) is 2.77. The molecule has 2 aromatic carbocycles. The monoisotopic (exact) mass is 266 g/mol. The number of hydrogen-bond acceptors (Lipinski definition) is 2. The van der Waals surface area contributed by atoms with Gasteiger partial charge < -0.3 is 11.1 Å². The number of benzene rings is 2. The van der Waals surface area contributed by atoms with Crippen molar-refractivity contribution in [3.8, 4) is 0 Å². The summed E-state index contributed by atoms with van der Waals surface area (Å²) < 4.78 is 0. The van der Waals surface area contributed by atoms with Crippen LogP contribution in [0, 0.1) is 0 Å². The predicted octanol–water partition coefficient (Wildman–Crippen LogP) is 2.71. The van der Waals surface area contributed by atoms with E-state index in [0.29, 0.717) is 17.8 Å². The molecule has 1 unspecified atom stereocenters. The first-order chi connectivity index (χ1) is 9.70. The maximum atomic E-state index is 12.0. The highest BCUT2D eigenvalue weighted by Gasteiger charge is 2.27. The first-order valence-corrected chi connectivity index (χ1v) is 6.96. The van der Waals surface area contributed by atoms with E-state index in [9.17, 15) is 4.79 Å². The van der Waals surface area contributed by atoms with Crippen LogP contribution in [-0.2, 0) is 6.42 Å². The summed E-state index contributed by atoms with van der Waals surface area (Å²) in [6.07, 6.45) is 1.03. The molecule has 1 amide bonds. The Balaban J connectivity index is 2.06. The van der Waals surface area contributed by atoms with Crippen LogP contribution in [0.2, 0.25) is 0 Å². The van der Waals surface area contributed by atoms with Crippen LogP contribution in [0.1, 0.15) is 39.9 Å². The van der Waals surface area contributed by atoms with Crippen LogP contribution in [0.4, 0.5) is 5.69 Å². The van der Waals surface area contributed by atoms with Gasteiger partial charge in [-0.3, -0.25) is 4.79 Å². The first-order valence-electron chi connectivity index (χ1n) is 6.96. The Morgan fingerprint density at radius 1 is 1.20 bits per heavy atom. The lowest BCUT2D eigenvalue weighted by molar-refractivity contribution is 0.0943. The number of nitrogens with two attached hydrogens (primary N) is 1. The molecule has 1 aliphatic heterocycles. The molecular weight excluding hydrogens is 248 g/mol. The van der Waals surface area contributed by atoms with Crippen LogP contribution in [0.3, 0.4) is 0 Å². The van der Waals surface area contributed by atoms with E-state index in [1.54, 1.807) is 6.07 Å². The molecule has 3 N–H and O–H groups in total. The van der Waals surface area contributed by atoms with E-state index in [4.69, 9.17) is 5.73 Å². The summed E-state index contributed by atoms with van der Waals surface area (Å²) >= 11 is 0. The van der Waals surface area contributed by atoms with Gasteiger partial charge in [-0.05, 0) is 29.2 Å². The first kappa shape index (κ1) is 12.7. The molecule has 3 rings (SSSR count). The smallest absolute Gasteiger partial charge is 0.253 e. The van der Waals surface area contributed by atoms with Crippen molar-refractivity contribution in [2.75, 3.05) is 12.3 Å². The number of carbonyl (C=O) groups excluding carboxylic acids is 1. The normalized spacial score (nSPS) is 17.4. The molecule has 0 saturated carbocycles. The molecule has 102 valence electrons. The zero-order valence-corrected chi connectivity index (χ0v) is 11.5. The van der Waals surface area contributed by atoms with Crippen molar-refractivity contribution in [2.45, 2.75) is 19.3 Å². The fraction of sp³-hybridized carbons (Fsp3) is 0.235. The summed E-state index contributed by atoms with van der Waals surface area (Å²) in [7, 11) is 0. The molecule has 1 heterocycles. The lowest BCUT2D eigenvalue weighted by Crippen LogP contribution is -2.36. The Morgan fingerprint density at radius 3 is 2.65 bits per heavy atom. The van der Waals surface area contributed by atoms with Gasteiger partial charge in [0.1, 0.15) is 0 Å². The minimum absolute atomic E-state index is 0.0699. The molecule has 0 fully saturated rings. The third-order valence-corrected chi connectivity index (χ3v) is 3.99. The summed E-state index contributed by atoms with van der Waals surface area (Å²) in [5.41, 5.74) is 10.7. The molecule has 2 aromatic rings. The fourth-order valence-corrected chi connectivity index (χ4v) is 2.82. The van der Waals surface area contributed by atoms with Crippen LogP contribution in [-0.4, -0.2) is 12.5 Å². The minimum Gasteiger partial charge on any atom is -0.398 e. The largest absolute Gasteiger partial charge is 0.398 e. The summed E-state index contributed by atoms with van der Waals surface area (Å²) in [4.78, 5) is 12.0. The number of hydrogen-bond donors (Lipinski definition) is 2. The third kappa shape index (κ3) is 2.05. The molecule has 1 atom stereocenters. The second-order valence-electron chi connectivity index (χ2n) is 5.17. The average molecular weight is 266 g/mol. The molecule has 0 spiro atoms. The number of nitrogen functional groups attached to an aromatic ring is 1. The molecule has 1 aliphatic rings. The standard InChI is InChI=1S/C17H18N2O/c1-2-11-6-8-12(9-7-11)14-10-19-17(20)16-13(14)4-3-5-15(16)18/h3-9,14H,2,10,18H2,1H3,(H,19,20). The van der Waals surface area contributed by atoms with Crippen LogP contribution >= 0.6 is 0 Å². The molecule has 3 heteroatoms. The topological polar surface area (TPSA) is 55.1 Å². The van der Waals surface area contributed by atoms with Crippen molar-refractivity contribution in [3.63, 3.8) is 0 Å². The van der Waals surface area contributed by atoms with Gasteiger partial charge in [-0.25, -0.2) is 0 Å². The van der Waals surface area contributed by atoms with Crippen LogP contribution < -0.4 is 11.1 Å². The predicted molar refractivity (Wildman–Crippen MR) is 80.9 cm³/mol. The second-order valence-corrected chi connectivity index (χ2v) is 5.17. The number of rotatable bonds is 2. The van der Waals surface area contributed by atoms with Crippen molar-refractivity contribution in [2.24, 2.45) is 0 Å². The van der Waals surface area contributed by atoms with E-state index >= 15 is 0 Å².